The van der Waals surface area contributed by atoms with Crippen molar-refractivity contribution < 1.29 is 9.13 Å². The lowest BCUT2D eigenvalue weighted by atomic mass is 9.99. The van der Waals surface area contributed by atoms with E-state index in [9.17, 15) is 4.39 Å². The van der Waals surface area contributed by atoms with Gasteiger partial charge in [-0.3, -0.25) is 0 Å². The molecular formula is C15H23FN2O. The van der Waals surface area contributed by atoms with Crippen molar-refractivity contribution in [2.45, 2.75) is 25.9 Å². The quantitative estimate of drug-likeness (QED) is 0.887. The van der Waals surface area contributed by atoms with Crippen LogP contribution in [0.25, 0.3) is 0 Å². The van der Waals surface area contributed by atoms with Gasteiger partial charge in [-0.25, -0.2) is 4.39 Å². The van der Waals surface area contributed by atoms with Crippen LogP contribution in [0.1, 0.15) is 24.0 Å². The monoisotopic (exact) mass is 266 g/mol. The first-order chi connectivity index (χ1) is 9.20. The van der Waals surface area contributed by atoms with E-state index < -0.39 is 0 Å². The van der Waals surface area contributed by atoms with Gasteiger partial charge in [0.2, 0.25) is 0 Å². The lowest BCUT2D eigenvalue weighted by molar-refractivity contribution is 0.0548. The fraction of sp³-hybridized carbons (Fsp3) is 0.600. The minimum Gasteiger partial charge on any atom is -0.381 e. The van der Waals surface area contributed by atoms with Gasteiger partial charge >= 0.3 is 0 Å². The summed E-state index contributed by atoms with van der Waals surface area (Å²) in [7, 11) is 2.05. The summed E-state index contributed by atoms with van der Waals surface area (Å²) in [5.41, 5.74) is 6.86. The van der Waals surface area contributed by atoms with Crippen molar-refractivity contribution in [2.75, 3.05) is 26.8 Å². The molecule has 0 radical (unpaired) electrons. The summed E-state index contributed by atoms with van der Waals surface area (Å²) in [6.45, 7) is 3.60. The van der Waals surface area contributed by atoms with E-state index in [1.54, 1.807) is 6.07 Å². The van der Waals surface area contributed by atoms with Gasteiger partial charge in [0, 0.05) is 44.0 Å². The summed E-state index contributed by atoms with van der Waals surface area (Å²) in [5, 5.41) is 0. The van der Waals surface area contributed by atoms with Gasteiger partial charge < -0.3 is 15.4 Å². The van der Waals surface area contributed by atoms with E-state index in [2.05, 4.69) is 4.90 Å². The molecule has 19 heavy (non-hydrogen) atoms. The molecule has 0 unspecified atom stereocenters. The Hall–Kier alpha value is -0.970. The molecule has 2 N–H and O–H groups in total. The van der Waals surface area contributed by atoms with Crippen LogP contribution in [0.5, 0.6) is 0 Å². The maximum Gasteiger partial charge on any atom is 0.132 e. The number of ether oxygens (including phenoxy) is 1. The Kier molecular flexibility index (Phi) is 5.31. The first kappa shape index (κ1) is 14.4. The third-order valence-corrected chi connectivity index (χ3v) is 3.73. The molecule has 1 fully saturated rings. The maximum absolute atomic E-state index is 14.1. The molecule has 4 heteroatoms. The molecule has 1 aliphatic heterocycles. The molecule has 0 spiro atoms. The van der Waals surface area contributed by atoms with Crippen LogP contribution in [0.4, 0.5) is 4.39 Å². The lowest BCUT2D eigenvalue weighted by Crippen LogP contribution is -2.29. The van der Waals surface area contributed by atoms with E-state index in [0.29, 0.717) is 18.0 Å². The second-order valence-electron chi connectivity index (χ2n) is 5.35. The third-order valence-electron chi connectivity index (χ3n) is 3.73. The van der Waals surface area contributed by atoms with Crippen LogP contribution in [0.2, 0.25) is 0 Å². The first-order valence-electron chi connectivity index (χ1n) is 6.93. The minimum atomic E-state index is -0.149. The molecule has 0 saturated carbocycles. The highest BCUT2D eigenvalue weighted by molar-refractivity contribution is 5.25. The highest BCUT2D eigenvalue weighted by Crippen LogP contribution is 2.18. The van der Waals surface area contributed by atoms with Crippen molar-refractivity contribution in [1.82, 2.24) is 4.90 Å². The van der Waals surface area contributed by atoms with E-state index in [4.69, 9.17) is 10.5 Å². The van der Waals surface area contributed by atoms with Crippen molar-refractivity contribution in [2.24, 2.45) is 11.7 Å². The fourth-order valence-corrected chi connectivity index (χ4v) is 2.64. The summed E-state index contributed by atoms with van der Waals surface area (Å²) in [5.74, 6) is 0.517. The third kappa shape index (κ3) is 4.00. The van der Waals surface area contributed by atoms with Crippen molar-refractivity contribution >= 4 is 0 Å². The number of benzene rings is 1. The predicted molar refractivity (Wildman–Crippen MR) is 74.2 cm³/mol. The van der Waals surface area contributed by atoms with Gasteiger partial charge in [-0.1, -0.05) is 18.2 Å². The molecule has 0 bridgehead atoms. The van der Waals surface area contributed by atoms with E-state index in [0.717, 1.165) is 38.2 Å². The van der Waals surface area contributed by atoms with Gasteiger partial charge in [0.1, 0.15) is 5.82 Å². The number of hydrogen-bond acceptors (Lipinski definition) is 3. The smallest absolute Gasteiger partial charge is 0.132 e. The standard InChI is InChI=1S/C15H23FN2O/c1-18(10-12-5-7-19-8-6-12)11-14-4-2-3-13(9-17)15(14)16/h2-4,12H,5-11,17H2,1H3. The largest absolute Gasteiger partial charge is 0.381 e. The summed E-state index contributed by atoms with van der Waals surface area (Å²) in [6.07, 6.45) is 2.21. The number of nitrogens with two attached hydrogens (primary N) is 1. The molecule has 1 saturated heterocycles. The SMILES string of the molecule is CN(Cc1cccc(CN)c1F)CC1CCOCC1. The molecule has 0 aliphatic carbocycles. The topological polar surface area (TPSA) is 38.5 Å². The van der Waals surface area contributed by atoms with Gasteiger partial charge in [0.05, 0.1) is 0 Å². The van der Waals surface area contributed by atoms with E-state index in [1.807, 2.05) is 19.2 Å². The minimum absolute atomic E-state index is 0.149. The number of rotatable bonds is 5. The number of halogens is 1. The Bertz CT molecular complexity index is 405. The summed E-state index contributed by atoms with van der Waals surface area (Å²) >= 11 is 0. The number of nitrogens with zero attached hydrogens (tertiary/aromatic N) is 1. The molecule has 3 nitrogen and oxygen atoms in total. The molecule has 0 atom stereocenters. The van der Waals surface area contributed by atoms with Gasteiger partial charge in [-0.05, 0) is 25.8 Å². The molecule has 1 aromatic carbocycles. The second-order valence-corrected chi connectivity index (χ2v) is 5.35. The molecule has 0 aromatic heterocycles. The highest BCUT2D eigenvalue weighted by atomic mass is 19.1. The van der Waals surface area contributed by atoms with E-state index >= 15 is 0 Å². The Morgan fingerprint density at radius 1 is 1.32 bits per heavy atom. The van der Waals surface area contributed by atoms with Crippen LogP contribution >= 0.6 is 0 Å². The Labute approximate surface area is 114 Å². The Morgan fingerprint density at radius 2 is 2.00 bits per heavy atom. The van der Waals surface area contributed by atoms with E-state index in [-0.39, 0.29) is 12.4 Å². The zero-order chi connectivity index (χ0) is 13.7. The van der Waals surface area contributed by atoms with Gasteiger partial charge in [0.15, 0.2) is 0 Å². The maximum atomic E-state index is 14.1. The second kappa shape index (κ2) is 6.98. The van der Waals surface area contributed by atoms with Crippen molar-refractivity contribution in [3.8, 4) is 0 Å². The van der Waals surface area contributed by atoms with Crippen molar-refractivity contribution in [3.05, 3.63) is 35.1 Å². The molecular weight excluding hydrogens is 243 g/mol. The van der Waals surface area contributed by atoms with Crippen LogP contribution in [0, 0.1) is 11.7 Å². The molecule has 106 valence electrons. The first-order valence-corrected chi connectivity index (χ1v) is 6.93. The normalized spacial score (nSPS) is 17.1. The summed E-state index contributed by atoms with van der Waals surface area (Å²) in [4.78, 5) is 2.19. The predicted octanol–water partition coefficient (Wildman–Crippen LogP) is 2.14. The average Bonchev–Trinajstić information content (AvgIpc) is 2.42. The molecule has 1 aromatic rings. The average molecular weight is 266 g/mol. The zero-order valence-electron chi connectivity index (χ0n) is 11.6. The van der Waals surface area contributed by atoms with Crippen molar-refractivity contribution in [3.63, 3.8) is 0 Å². The van der Waals surface area contributed by atoms with Gasteiger partial charge in [0.25, 0.3) is 0 Å². The lowest BCUT2D eigenvalue weighted by Gasteiger charge is -2.27. The summed E-state index contributed by atoms with van der Waals surface area (Å²) in [6, 6.07) is 5.47. The fourth-order valence-electron chi connectivity index (χ4n) is 2.64. The Balaban J connectivity index is 1.92. The summed E-state index contributed by atoms with van der Waals surface area (Å²) < 4.78 is 19.4. The van der Waals surface area contributed by atoms with Crippen LogP contribution in [0.15, 0.2) is 18.2 Å². The van der Waals surface area contributed by atoms with Gasteiger partial charge in [-0.15, -0.1) is 0 Å². The molecule has 2 rings (SSSR count). The van der Waals surface area contributed by atoms with Crippen LogP contribution < -0.4 is 5.73 Å². The Morgan fingerprint density at radius 3 is 2.68 bits per heavy atom. The zero-order valence-corrected chi connectivity index (χ0v) is 11.6. The van der Waals surface area contributed by atoms with Crippen LogP contribution in [-0.4, -0.2) is 31.7 Å². The van der Waals surface area contributed by atoms with Gasteiger partial charge in [-0.2, -0.15) is 0 Å². The van der Waals surface area contributed by atoms with E-state index in [1.165, 1.54) is 0 Å². The molecule has 1 heterocycles. The molecule has 1 aliphatic rings. The van der Waals surface area contributed by atoms with Crippen LogP contribution in [-0.2, 0) is 17.8 Å². The number of hydrogen-bond donors (Lipinski definition) is 1. The van der Waals surface area contributed by atoms with Crippen molar-refractivity contribution in [1.29, 1.82) is 0 Å². The van der Waals surface area contributed by atoms with Crippen LogP contribution in [0.3, 0.4) is 0 Å². The highest BCUT2D eigenvalue weighted by Gasteiger charge is 2.17. The molecule has 0 amide bonds.